The summed E-state index contributed by atoms with van der Waals surface area (Å²) in [6.07, 6.45) is 3.89. The number of rotatable bonds is 2. The molecule has 1 aromatic rings. The lowest BCUT2D eigenvalue weighted by Crippen LogP contribution is -2.03. The van der Waals surface area contributed by atoms with E-state index in [-0.39, 0.29) is 0 Å². The largest absolute Gasteiger partial charge is 0.384 e. The third kappa shape index (κ3) is 1.66. The fourth-order valence-corrected chi connectivity index (χ4v) is 1.46. The predicted molar refractivity (Wildman–Crippen MR) is 58.2 cm³/mol. The lowest BCUT2D eigenvalue weighted by molar-refractivity contribution is 1.06. The number of aromatic nitrogens is 1. The van der Waals surface area contributed by atoms with Crippen molar-refractivity contribution < 1.29 is 0 Å². The Morgan fingerprint density at radius 1 is 1.43 bits per heavy atom. The molecule has 2 rings (SSSR count). The van der Waals surface area contributed by atoms with Crippen molar-refractivity contribution in [2.24, 2.45) is 4.99 Å². The molecule has 3 nitrogen and oxygen atoms in total. The minimum absolute atomic E-state index is 0.551. The van der Waals surface area contributed by atoms with Crippen molar-refractivity contribution in [2.45, 2.75) is 19.8 Å². The van der Waals surface area contributed by atoms with Crippen LogP contribution in [0, 0.1) is 0 Å². The third-order valence-corrected chi connectivity index (χ3v) is 2.32. The molecule has 0 bridgehead atoms. The molecule has 0 saturated carbocycles. The summed E-state index contributed by atoms with van der Waals surface area (Å²) in [4.78, 5) is 8.57. The molecule has 1 aliphatic heterocycles. The lowest BCUT2D eigenvalue weighted by atomic mass is 10.1. The monoisotopic (exact) mass is 187 g/mol. The van der Waals surface area contributed by atoms with Gasteiger partial charge in [-0.05, 0) is 24.1 Å². The number of allylic oxidation sites excluding steroid dienone is 1. The first kappa shape index (κ1) is 8.94. The standard InChI is InChI=1S/C11H13N3/c1-2-8-6-10(13-7-8)9-4-3-5-11(12)14-9/h3-5,7H,2,6H2,1H3,(H2,12,14). The highest BCUT2D eigenvalue weighted by molar-refractivity contribution is 6.02. The Labute approximate surface area is 83.4 Å². The van der Waals surface area contributed by atoms with Crippen molar-refractivity contribution in [3.8, 4) is 0 Å². The van der Waals surface area contributed by atoms with Crippen molar-refractivity contribution in [1.29, 1.82) is 0 Å². The molecule has 2 N–H and O–H groups in total. The van der Waals surface area contributed by atoms with Gasteiger partial charge in [-0.25, -0.2) is 4.98 Å². The molecule has 3 heteroatoms. The number of nitrogens with zero attached hydrogens (tertiary/aromatic N) is 2. The molecule has 0 saturated heterocycles. The molecule has 0 amide bonds. The fraction of sp³-hybridized carbons (Fsp3) is 0.273. The van der Waals surface area contributed by atoms with Crippen LogP contribution in [0.15, 0.2) is 35.0 Å². The van der Waals surface area contributed by atoms with Gasteiger partial charge >= 0.3 is 0 Å². The second-order valence-electron chi connectivity index (χ2n) is 3.34. The smallest absolute Gasteiger partial charge is 0.124 e. The van der Waals surface area contributed by atoms with Crippen molar-refractivity contribution >= 4 is 11.5 Å². The molecule has 72 valence electrons. The Hall–Kier alpha value is -1.64. The fourth-order valence-electron chi connectivity index (χ4n) is 1.46. The lowest BCUT2D eigenvalue weighted by Gasteiger charge is -2.01. The Morgan fingerprint density at radius 2 is 2.29 bits per heavy atom. The second-order valence-corrected chi connectivity index (χ2v) is 3.34. The van der Waals surface area contributed by atoms with Gasteiger partial charge in [-0.15, -0.1) is 0 Å². The molecule has 0 aliphatic carbocycles. The van der Waals surface area contributed by atoms with E-state index in [0.29, 0.717) is 5.82 Å². The number of aliphatic imine (C=N–C) groups is 1. The van der Waals surface area contributed by atoms with Crippen LogP contribution in [0.25, 0.3) is 0 Å². The molecule has 0 fully saturated rings. The average Bonchev–Trinajstić information content (AvgIpc) is 2.66. The highest BCUT2D eigenvalue weighted by Gasteiger charge is 2.11. The molecule has 0 unspecified atom stereocenters. The van der Waals surface area contributed by atoms with E-state index in [0.717, 1.165) is 24.2 Å². The number of pyridine rings is 1. The predicted octanol–water partition coefficient (Wildman–Crippen LogP) is 2.15. The Morgan fingerprint density at radius 3 is 2.93 bits per heavy atom. The van der Waals surface area contributed by atoms with Gasteiger partial charge in [0, 0.05) is 12.6 Å². The van der Waals surface area contributed by atoms with Crippen molar-refractivity contribution in [2.75, 3.05) is 5.73 Å². The molecule has 0 atom stereocenters. The maximum atomic E-state index is 5.61. The topological polar surface area (TPSA) is 51.3 Å². The molecule has 1 aliphatic rings. The molecular formula is C11H13N3. The zero-order valence-corrected chi connectivity index (χ0v) is 8.20. The summed E-state index contributed by atoms with van der Waals surface area (Å²) >= 11 is 0. The van der Waals surface area contributed by atoms with Crippen LogP contribution in [-0.2, 0) is 0 Å². The van der Waals surface area contributed by atoms with Crippen LogP contribution in [0.4, 0.5) is 5.82 Å². The van der Waals surface area contributed by atoms with Crippen LogP contribution in [-0.4, -0.2) is 10.7 Å². The Kier molecular flexibility index (Phi) is 2.31. The Balaban J connectivity index is 2.20. The summed E-state index contributed by atoms with van der Waals surface area (Å²) in [7, 11) is 0. The van der Waals surface area contributed by atoms with Crippen molar-refractivity contribution in [3.63, 3.8) is 0 Å². The van der Waals surface area contributed by atoms with Crippen LogP contribution in [0.1, 0.15) is 25.5 Å². The quantitative estimate of drug-likeness (QED) is 0.771. The van der Waals surface area contributed by atoms with E-state index in [1.807, 2.05) is 18.3 Å². The second kappa shape index (κ2) is 3.62. The molecular weight excluding hydrogens is 174 g/mol. The summed E-state index contributed by atoms with van der Waals surface area (Å²) in [6.45, 7) is 2.14. The van der Waals surface area contributed by atoms with Gasteiger partial charge < -0.3 is 5.73 Å². The molecule has 0 radical (unpaired) electrons. The minimum Gasteiger partial charge on any atom is -0.384 e. The van der Waals surface area contributed by atoms with E-state index in [2.05, 4.69) is 16.9 Å². The molecule has 14 heavy (non-hydrogen) atoms. The van der Waals surface area contributed by atoms with Gasteiger partial charge in [0.2, 0.25) is 0 Å². The van der Waals surface area contributed by atoms with E-state index in [9.17, 15) is 0 Å². The van der Waals surface area contributed by atoms with Crippen molar-refractivity contribution in [1.82, 2.24) is 4.98 Å². The van der Waals surface area contributed by atoms with E-state index in [4.69, 9.17) is 5.73 Å². The summed E-state index contributed by atoms with van der Waals surface area (Å²) in [5.41, 5.74) is 8.88. The van der Waals surface area contributed by atoms with Crippen LogP contribution in [0.5, 0.6) is 0 Å². The zero-order chi connectivity index (χ0) is 9.97. The maximum Gasteiger partial charge on any atom is 0.124 e. The van der Waals surface area contributed by atoms with Crippen molar-refractivity contribution in [3.05, 3.63) is 35.7 Å². The van der Waals surface area contributed by atoms with Crippen LogP contribution >= 0.6 is 0 Å². The first-order valence-corrected chi connectivity index (χ1v) is 4.77. The van der Waals surface area contributed by atoms with Crippen LogP contribution in [0.2, 0.25) is 0 Å². The normalized spacial score (nSPS) is 15.2. The minimum atomic E-state index is 0.551. The number of hydrogen-bond donors (Lipinski definition) is 1. The highest BCUT2D eigenvalue weighted by Crippen LogP contribution is 2.18. The number of anilines is 1. The first-order chi connectivity index (χ1) is 6.79. The van der Waals surface area contributed by atoms with Gasteiger partial charge in [0.15, 0.2) is 0 Å². The van der Waals surface area contributed by atoms with E-state index in [1.54, 1.807) is 6.07 Å². The molecule has 0 aromatic carbocycles. The average molecular weight is 187 g/mol. The van der Waals surface area contributed by atoms with Gasteiger partial charge in [0.25, 0.3) is 0 Å². The van der Waals surface area contributed by atoms with E-state index >= 15 is 0 Å². The van der Waals surface area contributed by atoms with E-state index < -0.39 is 0 Å². The van der Waals surface area contributed by atoms with Gasteiger partial charge in [0.1, 0.15) is 5.82 Å². The van der Waals surface area contributed by atoms with Crippen LogP contribution < -0.4 is 5.73 Å². The first-order valence-electron chi connectivity index (χ1n) is 4.77. The number of hydrogen-bond acceptors (Lipinski definition) is 3. The zero-order valence-electron chi connectivity index (χ0n) is 8.20. The number of nitrogens with two attached hydrogens (primary N) is 1. The van der Waals surface area contributed by atoms with Gasteiger partial charge in [-0.1, -0.05) is 13.0 Å². The highest BCUT2D eigenvalue weighted by atomic mass is 14.9. The third-order valence-electron chi connectivity index (χ3n) is 2.32. The van der Waals surface area contributed by atoms with Gasteiger partial charge in [-0.2, -0.15) is 0 Å². The van der Waals surface area contributed by atoms with Crippen LogP contribution in [0.3, 0.4) is 0 Å². The Bertz CT molecular complexity index is 405. The molecule has 1 aromatic heterocycles. The summed E-state index contributed by atoms with van der Waals surface area (Å²) in [6, 6.07) is 5.64. The molecule has 2 heterocycles. The van der Waals surface area contributed by atoms with Gasteiger partial charge in [0.05, 0.1) is 11.4 Å². The maximum absolute atomic E-state index is 5.61. The van der Waals surface area contributed by atoms with Gasteiger partial charge in [-0.3, -0.25) is 4.99 Å². The number of nitrogen functional groups attached to an aromatic ring is 1. The molecule has 0 spiro atoms. The SMILES string of the molecule is CCC1=CN=C(c2cccc(N)n2)C1. The summed E-state index contributed by atoms with van der Waals surface area (Å²) in [5, 5.41) is 0. The summed E-state index contributed by atoms with van der Waals surface area (Å²) in [5.74, 6) is 0.551. The van der Waals surface area contributed by atoms with E-state index in [1.165, 1.54) is 5.57 Å². The summed E-state index contributed by atoms with van der Waals surface area (Å²) < 4.78 is 0.